The van der Waals surface area contributed by atoms with Crippen LogP contribution in [0, 0.1) is 5.92 Å². The summed E-state index contributed by atoms with van der Waals surface area (Å²) in [5.41, 5.74) is 1.51. The van der Waals surface area contributed by atoms with Crippen molar-refractivity contribution in [3.05, 3.63) is 39.0 Å². The van der Waals surface area contributed by atoms with Gasteiger partial charge in [-0.25, -0.2) is 4.68 Å². The van der Waals surface area contributed by atoms with Crippen LogP contribution in [0.1, 0.15) is 25.0 Å². The summed E-state index contributed by atoms with van der Waals surface area (Å²) in [5, 5.41) is 11.5. The van der Waals surface area contributed by atoms with E-state index in [9.17, 15) is 4.79 Å². The van der Waals surface area contributed by atoms with E-state index >= 15 is 0 Å². The largest absolute Gasteiger partial charge is 0.374 e. The summed E-state index contributed by atoms with van der Waals surface area (Å²) in [6.45, 7) is 1.27. The van der Waals surface area contributed by atoms with E-state index in [1.807, 2.05) is 13.1 Å². The number of aromatic nitrogens is 4. The monoisotopic (exact) mass is 351 g/mol. The van der Waals surface area contributed by atoms with E-state index in [0.29, 0.717) is 29.2 Å². The number of nitrogens with one attached hydrogen (secondary N) is 1. The van der Waals surface area contributed by atoms with Crippen LogP contribution in [0.4, 0.5) is 5.69 Å². The van der Waals surface area contributed by atoms with Crippen LogP contribution >= 0.6 is 15.9 Å². The van der Waals surface area contributed by atoms with Gasteiger partial charge in [0.05, 0.1) is 22.9 Å². The fraction of sp³-hybridized carbons (Fsp3) is 0.500. The van der Waals surface area contributed by atoms with Gasteiger partial charge in [0.2, 0.25) is 0 Å². The molecule has 1 aliphatic carbocycles. The van der Waals surface area contributed by atoms with Crippen LogP contribution in [-0.2, 0) is 20.1 Å². The van der Waals surface area contributed by atoms with E-state index in [4.69, 9.17) is 0 Å². The Morgan fingerprint density at radius 2 is 2.24 bits per heavy atom. The zero-order valence-corrected chi connectivity index (χ0v) is 13.5. The number of hydrogen-bond acceptors (Lipinski definition) is 4. The SMILES string of the molecule is Cn1nccc1CNc1c(Br)cnn(CC2CCC2)c1=O. The third kappa shape index (κ3) is 3.02. The molecule has 2 aromatic heterocycles. The number of halogens is 1. The Kier molecular flexibility index (Phi) is 4.10. The van der Waals surface area contributed by atoms with Crippen LogP contribution in [-0.4, -0.2) is 19.6 Å². The number of aryl methyl sites for hydroxylation is 1. The Bertz CT molecular complexity index is 689. The van der Waals surface area contributed by atoms with Crippen molar-refractivity contribution in [3.8, 4) is 0 Å². The zero-order valence-electron chi connectivity index (χ0n) is 11.9. The van der Waals surface area contributed by atoms with Gasteiger partial charge in [0, 0.05) is 19.8 Å². The third-order valence-electron chi connectivity index (χ3n) is 4.02. The molecular weight excluding hydrogens is 334 g/mol. The smallest absolute Gasteiger partial charge is 0.291 e. The minimum Gasteiger partial charge on any atom is -0.374 e. The van der Waals surface area contributed by atoms with Crippen LogP contribution < -0.4 is 10.9 Å². The van der Waals surface area contributed by atoms with Crippen LogP contribution in [0.25, 0.3) is 0 Å². The quantitative estimate of drug-likeness (QED) is 0.896. The summed E-state index contributed by atoms with van der Waals surface area (Å²) in [6, 6.07) is 1.93. The zero-order chi connectivity index (χ0) is 14.8. The summed E-state index contributed by atoms with van der Waals surface area (Å²) in [7, 11) is 1.88. The van der Waals surface area contributed by atoms with Crippen molar-refractivity contribution in [1.82, 2.24) is 19.6 Å². The van der Waals surface area contributed by atoms with Crippen molar-refractivity contribution in [2.75, 3.05) is 5.32 Å². The lowest BCUT2D eigenvalue weighted by atomic mass is 9.85. The predicted molar refractivity (Wildman–Crippen MR) is 84.1 cm³/mol. The van der Waals surface area contributed by atoms with Crippen LogP contribution in [0.5, 0.6) is 0 Å². The molecule has 0 unspecified atom stereocenters. The molecular formula is C14H18BrN5O. The highest BCUT2D eigenvalue weighted by Gasteiger charge is 2.20. The molecule has 0 saturated heterocycles. The first-order chi connectivity index (χ1) is 10.1. The second-order valence-electron chi connectivity index (χ2n) is 5.45. The molecule has 1 N–H and O–H groups in total. The van der Waals surface area contributed by atoms with Crippen molar-refractivity contribution in [3.63, 3.8) is 0 Å². The molecule has 0 spiro atoms. The summed E-state index contributed by atoms with van der Waals surface area (Å²) in [4.78, 5) is 12.5. The van der Waals surface area contributed by atoms with Crippen LogP contribution in [0.3, 0.4) is 0 Å². The fourth-order valence-electron chi connectivity index (χ4n) is 2.43. The van der Waals surface area contributed by atoms with Gasteiger partial charge in [-0.15, -0.1) is 0 Å². The standard InChI is InChI=1S/C14H18BrN5O/c1-19-11(5-6-17-19)7-16-13-12(15)8-18-20(14(13)21)9-10-3-2-4-10/h5-6,8,10,16H,2-4,7,9H2,1H3. The van der Waals surface area contributed by atoms with Gasteiger partial charge in [0.25, 0.3) is 5.56 Å². The first-order valence-electron chi connectivity index (χ1n) is 7.11. The van der Waals surface area contributed by atoms with Gasteiger partial charge >= 0.3 is 0 Å². The summed E-state index contributed by atoms with van der Waals surface area (Å²) in [5.74, 6) is 0.598. The molecule has 7 heteroatoms. The van der Waals surface area contributed by atoms with E-state index in [2.05, 4.69) is 31.4 Å². The molecule has 0 aliphatic heterocycles. The molecule has 0 radical (unpaired) electrons. The first kappa shape index (κ1) is 14.3. The molecule has 0 aromatic carbocycles. The lowest BCUT2D eigenvalue weighted by Crippen LogP contribution is -2.31. The maximum atomic E-state index is 12.5. The van der Waals surface area contributed by atoms with Crippen molar-refractivity contribution in [2.24, 2.45) is 13.0 Å². The maximum Gasteiger partial charge on any atom is 0.291 e. The fourth-order valence-corrected chi connectivity index (χ4v) is 2.83. The molecule has 2 heterocycles. The second-order valence-corrected chi connectivity index (χ2v) is 6.31. The van der Waals surface area contributed by atoms with E-state index in [-0.39, 0.29) is 5.56 Å². The highest BCUT2D eigenvalue weighted by molar-refractivity contribution is 9.10. The predicted octanol–water partition coefficient (Wildman–Crippen LogP) is 2.15. The molecule has 0 amide bonds. The van der Waals surface area contributed by atoms with Gasteiger partial charge in [-0.1, -0.05) is 6.42 Å². The molecule has 2 aromatic rings. The molecule has 1 saturated carbocycles. The van der Waals surface area contributed by atoms with Crippen molar-refractivity contribution < 1.29 is 0 Å². The minimum atomic E-state index is -0.0709. The second kappa shape index (κ2) is 6.01. The van der Waals surface area contributed by atoms with Gasteiger partial charge in [-0.3, -0.25) is 9.48 Å². The Morgan fingerprint density at radius 3 is 2.86 bits per heavy atom. The van der Waals surface area contributed by atoms with E-state index in [1.165, 1.54) is 19.3 Å². The molecule has 1 aliphatic rings. The van der Waals surface area contributed by atoms with Gasteiger partial charge in [-0.2, -0.15) is 10.2 Å². The first-order valence-corrected chi connectivity index (χ1v) is 7.91. The molecule has 0 atom stereocenters. The van der Waals surface area contributed by atoms with Crippen LogP contribution in [0.2, 0.25) is 0 Å². The van der Waals surface area contributed by atoms with Gasteiger partial charge in [0.15, 0.2) is 0 Å². The van der Waals surface area contributed by atoms with E-state index < -0.39 is 0 Å². The average molecular weight is 352 g/mol. The highest BCUT2D eigenvalue weighted by atomic mass is 79.9. The van der Waals surface area contributed by atoms with Gasteiger partial charge < -0.3 is 5.32 Å². The third-order valence-corrected chi connectivity index (χ3v) is 4.62. The van der Waals surface area contributed by atoms with E-state index in [1.54, 1.807) is 21.8 Å². The van der Waals surface area contributed by atoms with Gasteiger partial charge in [0.1, 0.15) is 5.69 Å². The normalized spacial score (nSPS) is 15.0. The Balaban J connectivity index is 1.78. The Morgan fingerprint density at radius 1 is 1.43 bits per heavy atom. The molecule has 0 bridgehead atoms. The maximum absolute atomic E-state index is 12.5. The minimum absolute atomic E-state index is 0.0709. The van der Waals surface area contributed by atoms with Gasteiger partial charge in [-0.05, 0) is 40.8 Å². The topological polar surface area (TPSA) is 64.7 Å². The number of nitrogens with zero attached hydrogens (tertiary/aromatic N) is 4. The lowest BCUT2D eigenvalue weighted by molar-refractivity contribution is 0.262. The number of rotatable bonds is 5. The Hall–Kier alpha value is -1.63. The van der Waals surface area contributed by atoms with Crippen molar-refractivity contribution in [2.45, 2.75) is 32.4 Å². The highest BCUT2D eigenvalue weighted by Crippen LogP contribution is 2.27. The molecule has 3 rings (SSSR count). The Labute approximate surface area is 131 Å². The summed E-state index contributed by atoms with van der Waals surface area (Å²) in [6.07, 6.45) is 7.09. The molecule has 1 fully saturated rings. The summed E-state index contributed by atoms with van der Waals surface area (Å²) < 4.78 is 4.05. The number of hydrogen-bond donors (Lipinski definition) is 1. The number of anilines is 1. The molecule has 112 valence electrons. The average Bonchev–Trinajstić information content (AvgIpc) is 2.81. The molecule has 6 nitrogen and oxygen atoms in total. The van der Waals surface area contributed by atoms with E-state index in [0.717, 1.165) is 5.69 Å². The van der Waals surface area contributed by atoms with Crippen molar-refractivity contribution in [1.29, 1.82) is 0 Å². The van der Waals surface area contributed by atoms with Crippen molar-refractivity contribution >= 4 is 21.6 Å². The summed E-state index contributed by atoms with van der Waals surface area (Å²) >= 11 is 3.40. The van der Waals surface area contributed by atoms with Crippen LogP contribution in [0.15, 0.2) is 27.7 Å². The molecule has 21 heavy (non-hydrogen) atoms. The lowest BCUT2D eigenvalue weighted by Gasteiger charge is -2.25.